The van der Waals surface area contributed by atoms with Gasteiger partial charge in [0.15, 0.2) is 6.10 Å². The quantitative estimate of drug-likeness (QED) is 0.777. The van der Waals surface area contributed by atoms with Gasteiger partial charge < -0.3 is 15.4 Å². The maximum Gasteiger partial charge on any atom is 0.261 e. The Labute approximate surface area is 157 Å². The molecule has 0 aliphatic heterocycles. The van der Waals surface area contributed by atoms with Crippen molar-refractivity contribution in [2.75, 3.05) is 5.32 Å². The van der Waals surface area contributed by atoms with Crippen molar-refractivity contribution in [3.8, 4) is 5.75 Å². The molecule has 1 aliphatic carbocycles. The fourth-order valence-electron chi connectivity index (χ4n) is 2.45. The van der Waals surface area contributed by atoms with Gasteiger partial charge >= 0.3 is 0 Å². The van der Waals surface area contributed by atoms with Crippen LogP contribution >= 0.6 is 11.6 Å². The third-order valence-corrected chi connectivity index (χ3v) is 4.36. The molecule has 0 spiro atoms. The first-order valence-corrected chi connectivity index (χ1v) is 8.99. The highest BCUT2D eigenvalue weighted by atomic mass is 35.5. The third-order valence-electron chi connectivity index (χ3n) is 4.11. The first-order valence-electron chi connectivity index (χ1n) is 8.61. The van der Waals surface area contributed by atoms with Crippen LogP contribution in [0.25, 0.3) is 0 Å². The molecule has 0 radical (unpaired) electrons. The fraction of sp³-hybridized carbons (Fsp3) is 0.300. The van der Waals surface area contributed by atoms with Gasteiger partial charge in [-0.15, -0.1) is 0 Å². The summed E-state index contributed by atoms with van der Waals surface area (Å²) in [5.41, 5.74) is 1.66. The maximum absolute atomic E-state index is 12.2. The first kappa shape index (κ1) is 18.3. The highest BCUT2D eigenvalue weighted by Gasteiger charge is 2.29. The van der Waals surface area contributed by atoms with E-state index in [1.54, 1.807) is 31.2 Å². The van der Waals surface area contributed by atoms with Crippen LogP contribution in [0.15, 0.2) is 48.5 Å². The van der Waals surface area contributed by atoms with E-state index in [4.69, 9.17) is 16.3 Å². The second-order valence-electron chi connectivity index (χ2n) is 6.40. The summed E-state index contributed by atoms with van der Waals surface area (Å²) in [7, 11) is 0. The number of rotatable bonds is 7. The topological polar surface area (TPSA) is 67.4 Å². The van der Waals surface area contributed by atoms with Gasteiger partial charge in [-0.25, -0.2) is 0 Å². The Balaban J connectivity index is 1.50. The van der Waals surface area contributed by atoms with Crippen molar-refractivity contribution in [2.45, 2.75) is 32.4 Å². The van der Waals surface area contributed by atoms with Gasteiger partial charge in [0.25, 0.3) is 5.91 Å². The lowest BCUT2D eigenvalue weighted by molar-refractivity contribution is -0.127. The van der Waals surface area contributed by atoms with Crippen molar-refractivity contribution in [3.63, 3.8) is 0 Å². The molecule has 136 valence electrons. The minimum atomic E-state index is -0.631. The van der Waals surface area contributed by atoms with Gasteiger partial charge in [-0.2, -0.15) is 0 Å². The highest BCUT2D eigenvalue weighted by molar-refractivity contribution is 6.30. The van der Waals surface area contributed by atoms with E-state index in [1.165, 1.54) is 0 Å². The number of hydrogen-bond acceptors (Lipinski definition) is 3. The monoisotopic (exact) mass is 372 g/mol. The lowest BCUT2D eigenvalue weighted by Gasteiger charge is -2.15. The highest BCUT2D eigenvalue weighted by Crippen LogP contribution is 2.30. The number of carbonyl (C=O) groups excluding carboxylic acids is 2. The number of ether oxygens (including phenoxy) is 1. The summed E-state index contributed by atoms with van der Waals surface area (Å²) < 4.78 is 5.60. The van der Waals surface area contributed by atoms with Crippen molar-refractivity contribution in [1.82, 2.24) is 5.32 Å². The molecule has 1 aliphatic rings. The number of halogens is 1. The molecule has 0 heterocycles. The summed E-state index contributed by atoms with van der Waals surface area (Å²) in [5.74, 6) is 0.592. The molecule has 2 N–H and O–H groups in total. The fourth-order valence-corrected chi connectivity index (χ4v) is 2.58. The zero-order valence-electron chi connectivity index (χ0n) is 14.5. The Kier molecular flexibility index (Phi) is 5.78. The SMILES string of the molecule is C[C@@H](Oc1ccc(Cl)cc1)C(=O)NCc1cccc(NC(=O)C2CC2)c1. The van der Waals surface area contributed by atoms with E-state index in [-0.39, 0.29) is 17.7 Å². The van der Waals surface area contributed by atoms with Crippen molar-refractivity contribution in [2.24, 2.45) is 5.92 Å². The molecule has 5 nitrogen and oxygen atoms in total. The molecule has 6 heteroatoms. The van der Waals surface area contributed by atoms with Gasteiger partial charge in [0.05, 0.1) is 0 Å². The lowest BCUT2D eigenvalue weighted by Crippen LogP contribution is -2.35. The molecule has 1 fully saturated rings. The van der Waals surface area contributed by atoms with Crippen LogP contribution in [-0.2, 0) is 16.1 Å². The van der Waals surface area contributed by atoms with Crippen molar-refractivity contribution >= 4 is 29.1 Å². The molecule has 1 atom stereocenters. The molecule has 0 aromatic heterocycles. The largest absolute Gasteiger partial charge is 0.481 e. The standard InChI is InChI=1S/C20H21ClN2O3/c1-13(26-18-9-7-16(21)8-10-18)19(24)22-12-14-3-2-4-17(11-14)23-20(25)15-5-6-15/h2-4,7-11,13,15H,5-6,12H2,1H3,(H,22,24)(H,23,25)/t13-/m1/s1. The van der Waals surface area contributed by atoms with Crippen LogP contribution in [0.5, 0.6) is 5.75 Å². The molecular weight excluding hydrogens is 352 g/mol. The number of anilines is 1. The van der Waals surface area contributed by atoms with Crippen LogP contribution in [0.1, 0.15) is 25.3 Å². The molecular formula is C20H21ClN2O3. The van der Waals surface area contributed by atoms with E-state index < -0.39 is 6.10 Å². The summed E-state index contributed by atoms with van der Waals surface area (Å²) in [6.07, 6.45) is 1.30. The Morgan fingerprint density at radius 3 is 2.62 bits per heavy atom. The minimum Gasteiger partial charge on any atom is -0.481 e. The normalized spacial score (nSPS) is 14.4. The van der Waals surface area contributed by atoms with Gasteiger partial charge in [0, 0.05) is 23.2 Å². The number of hydrogen-bond donors (Lipinski definition) is 2. The molecule has 2 aromatic carbocycles. The molecule has 0 bridgehead atoms. The van der Waals surface area contributed by atoms with Crippen LogP contribution in [0.3, 0.4) is 0 Å². The van der Waals surface area contributed by atoms with Crippen molar-refractivity contribution < 1.29 is 14.3 Å². The first-order chi connectivity index (χ1) is 12.5. The van der Waals surface area contributed by atoms with E-state index in [9.17, 15) is 9.59 Å². The van der Waals surface area contributed by atoms with Crippen LogP contribution in [0.4, 0.5) is 5.69 Å². The Morgan fingerprint density at radius 2 is 1.92 bits per heavy atom. The summed E-state index contributed by atoms with van der Waals surface area (Å²) in [6, 6.07) is 14.3. The van der Waals surface area contributed by atoms with Crippen LogP contribution < -0.4 is 15.4 Å². The maximum atomic E-state index is 12.2. The lowest BCUT2D eigenvalue weighted by atomic mass is 10.2. The zero-order valence-corrected chi connectivity index (χ0v) is 15.3. The van der Waals surface area contributed by atoms with Gasteiger partial charge in [0.1, 0.15) is 5.75 Å². The van der Waals surface area contributed by atoms with Crippen LogP contribution in [-0.4, -0.2) is 17.9 Å². The number of benzene rings is 2. The van der Waals surface area contributed by atoms with Crippen molar-refractivity contribution in [3.05, 3.63) is 59.1 Å². The summed E-state index contributed by atoms with van der Waals surface area (Å²) in [4.78, 5) is 24.0. The minimum absolute atomic E-state index is 0.0659. The Bertz CT molecular complexity index is 788. The summed E-state index contributed by atoms with van der Waals surface area (Å²) >= 11 is 5.83. The predicted octanol–water partition coefficient (Wildman–Crippen LogP) is 3.77. The number of carbonyl (C=O) groups is 2. The molecule has 1 saturated carbocycles. The Hall–Kier alpha value is -2.53. The average molecular weight is 373 g/mol. The second-order valence-corrected chi connectivity index (χ2v) is 6.83. The molecule has 0 saturated heterocycles. The molecule has 3 rings (SSSR count). The smallest absolute Gasteiger partial charge is 0.261 e. The second kappa shape index (κ2) is 8.23. The summed E-state index contributed by atoms with van der Waals surface area (Å²) in [6.45, 7) is 2.05. The van der Waals surface area contributed by atoms with E-state index in [1.807, 2.05) is 24.3 Å². The number of nitrogens with one attached hydrogen (secondary N) is 2. The van der Waals surface area contributed by atoms with E-state index in [0.717, 1.165) is 24.1 Å². The van der Waals surface area contributed by atoms with Gasteiger partial charge in [-0.3, -0.25) is 9.59 Å². The van der Waals surface area contributed by atoms with Crippen molar-refractivity contribution in [1.29, 1.82) is 0 Å². The third kappa shape index (κ3) is 5.23. The van der Waals surface area contributed by atoms with Gasteiger partial charge in [0.2, 0.25) is 5.91 Å². The van der Waals surface area contributed by atoms with E-state index in [2.05, 4.69) is 10.6 Å². The molecule has 2 amide bonds. The van der Waals surface area contributed by atoms with Gasteiger partial charge in [-0.1, -0.05) is 23.7 Å². The average Bonchev–Trinajstić information content (AvgIpc) is 3.47. The predicted molar refractivity (Wildman–Crippen MR) is 101 cm³/mol. The molecule has 0 unspecified atom stereocenters. The van der Waals surface area contributed by atoms with Gasteiger partial charge in [-0.05, 0) is 61.7 Å². The Morgan fingerprint density at radius 1 is 1.19 bits per heavy atom. The molecule has 26 heavy (non-hydrogen) atoms. The summed E-state index contributed by atoms with van der Waals surface area (Å²) in [5, 5.41) is 6.36. The molecule has 2 aromatic rings. The van der Waals surface area contributed by atoms with Crippen LogP contribution in [0, 0.1) is 5.92 Å². The zero-order chi connectivity index (χ0) is 18.5. The van der Waals surface area contributed by atoms with E-state index in [0.29, 0.717) is 17.3 Å². The number of amides is 2. The van der Waals surface area contributed by atoms with E-state index >= 15 is 0 Å². The van der Waals surface area contributed by atoms with Crippen LogP contribution in [0.2, 0.25) is 5.02 Å².